The predicted molar refractivity (Wildman–Crippen MR) is 103 cm³/mol. The number of methoxy groups -OCH3 is 1. The summed E-state index contributed by atoms with van der Waals surface area (Å²) in [6.07, 6.45) is 1.78. The third kappa shape index (κ3) is 3.08. The van der Waals surface area contributed by atoms with Crippen molar-refractivity contribution in [3.63, 3.8) is 0 Å². The Bertz CT molecular complexity index is 1150. The van der Waals surface area contributed by atoms with Crippen LogP contribution in [0.5, 0.6) is 5.88 Å². The molecule has 1 amide bonds. The number of aryl methyl sites for hydroxylation is 2. The molecule has 0 saturated carbocycles. The van der Waals surface area contributed by atoms with Crippen molar-refractivity contribution >= 4 is 28.1 Å². The van der Waals surface area contributed by atoms with Crippen LogP contribution in [0.4, 0.5) is 5.69 Å². The minimum Gasteiger partial charge on any atom is -0.481 e. The highest BCUT2D eigenvalue weighted by Gasteiger charge is 2.16. The topological polar surface area (TPSA) is 81.4 Å². The molecule has 0 aliphatic carbocycles. The van der Waals surface area contributed by atoms with E-state index in [-0.39, 0.29) is 12.3 Å². The quantitative estimate of drug-likeness (QED) is 0.604. The molecule has 0 bridgehead atoms. The molecule has 3 heterocycles. The maximum Gasteiger partial charge on any atom is 0.228 e. The highest BCUT2D eigenvalue weighted by molar-refractivity contribution is 5.94. The summed E-state index contributed by atoms with van der Waals surface area (Å²) in [6.45, 7) is 3.89. The molecule has 0 radical (unpaired) electrons. The molecule has 0 saturated heterocycles. The maximum absolute atomic E-state index is 12.5. The lowest BCUT2D eigenvalue weighted by Gasteiger charge is -2.11. The third-order valence-electron chi connectivity index (χ3n) is 4.58. The zero-order valence-electron chi connectivity index (χ0n) is 15.4. The van der Waals surface area contributed by atoms with Crippen molar-refractivity contribution in [3.05, 3.63) is 59.5 Å². The van der Waals surface area contributed by atoms with E-state index in [0.717, 1.165) is 33.5 Å². The zero-order chi connectivity index (χ0) is 19.0. The van der Waals surface area contributed by atoms with Crippen LogP contribution >= 0.6 is 0 Å². The number of amides is 1. The van der Waals surface area contributed by atoms with Gasteiger partial charge in [-0.2, -0.15) is 5.10 Å². The molecule has 0 aliphatic rings. The van der Waals surface area contributed by atoms with Crippen LogP contribution in [0.25, 0.3) is 16.6 Å². The van der Waals surface area contributed by atoms with E-state index in [1.54, 1.807) is 25.4 Å². The summed E-state index contributed by atoms with van der Waals surface area (Å²) < 4.78 is 6.84. The van der Waals surface area contributed by atoms with E-state index < -0.39 is 0 Å². The van der Waals surface area contributed by atoms with Crippen LogP contribution < -0.4 is 10.1 Å². The number of nitrogens with one attached hydrogen (secondary N) is 1. The Morgan fingerprint density at radius 1 is 1.19 bits per heavy atom. The van der Waals surface area contributed by atoms with Crippen molar-refractivity contribution < 1.29 is 9.53 Å². The Morgan fingerprint density at radius 2 is 2.00 bits per heavy atom. The summed E-state index contributed by atoms with van der Waals surface area (Å²) in [5.41, 5.74) is 4.93. The van der Waals surface area contributed by atoms with Gasteiger partial charge in [0.1, 0.15) is 0 Å². The monoisotopic (exact) mass is 361 g/mol. The number of benzene rings is 1. The van der Waals surface area contributed by atoms with E-state index in [0.29, 0.717) is 11.6 Å². The molecule has 136 valence electrons. The summed E-state index contributed by atoms with van der Waals surface area (Å²) >= 11 is 0. The molecule has 7 nitrogen and oxygen atoms in total. The first-order chi connectivity index (χ1) is 13.1. The normalized spacial score (nSPS) is 11.1. The van der Waals surface area contributed by atoms with Gasteiger partial charge in [-0.25, -0.2) is 14.5 Å². The van der Waals surface area contributed by atoms with Crippen molar-refractivity contribution in [1.29, 1.82) is 0 Å². The number of nitrogens with zero attached hydrogens (tertiary/aromatic N) is 4. The van der Waals surface area contributed by atoms with Gasteiger partial charge in [-0.3, -0.25) is 4.79 Å². The number of pyridine rings is 1. The van der Waals surface area contributed by atoms with Crippen LogP contribution in [0.3, 0.4) is 0 Å². The Kier molecular flexibility index (Phi) is 4.19. The van der Waals surface area contributed by atoms with Gasteiger partial charge < -0.3 is 10.1 Å². The fraction of sp³-hybridized carbons (Fsp3) is 0.200. The van der Waals surface area contributed by atoms with Crippen LogP contribution in [0.1, 0.15) is 17.0 Å². The molecule has 0 fully saturated rings. The van der Waals surface area contributed by atoms with Gasteiger partial charge in [-0.05, 0) is 32.0 Å². The van der Waals surface area contributed by atoms with Gasteiger partial charge in [0, 0.05) is 28.4 Å². The van der Waals surface area contributed by atoms with Crippen molar-refractivity contribution in [2.45, 2.75) is 20.3 Å². The molecule has 7 heteroatoms. The lowest BCUT2D eigenvalue weighted by molar-refractivity contribution is -0.115. The Balaban J connectivity index is 1.64. The summed E-state index contributed by atoms with van der Waals surface area (Å²) in [6, 6.07) is 11.4. The number of fused-ring (bicyclic) bond motifs is 3. The highest BCUT2D eigenvalue weighted by Crippen LogP contribution is 2.22. The lowest BCUT2D eigenvalue weighted by Crippen LogP contribution is -2.17. The molecular formula is C20H19N5O2. The Hall–Kier alpha value is -3.48. The molecule has 4 rings (SSSR count). The second kappa shape index (κ2) is 6.68. The van der Waals surface area contributed by atoms with Gasteiger partial charge in [0.05, 0.1) is 30.9 Å². The van der Waals surface area contributed by atoms with Crippen molar-refractivity contribution in [2.75, 3.05) is 12.4 Å². The second-order valence-electron chi connectivity index (χ2n) is 6.33. The fourth-order valence-electron chi connectivity index (χ4n) is 3.17. The molecule has 3 aromatic heterocycles. The van der Waals surface area contributed by atoms with Crippen molar-refractivity contribution in [3.8, 4) is 5.88 Å². The molecule has 0 unspecified atom stereocenters. The number of hydrogen-bond donors (Lipinski definition) is 1. The minimum absolute atomic E-state index is 0.133. The molecule has 0 aliphatic heterocycles. The van der Waals surface area contributed by atoms with Gasteiger partial charge in [-0.1, -0.05) is 12.1 Å². The lowest BCUT2D eigenvalue weighted by atomic mass is 10.1. The number of hydrogen-bond acceptors (Lipinski definition) is 5. The standard InChI is InChI=1S/C20H19N5O2/c1-12-16(10-18(26)23-14-8-9-19(27-3)21-11-14)13(2)25-20(22-12)15-6-4-5-7-17(15)24-25/h4-9,11H,10H2,1-3H3,(H,23,26). The van der Waals surface area contributed by atoms with E-state index in [9.17, 15) is 4.79 Å². The molecule has 0 atom stereocenters. The largest absolute Gasteiger partial charge is 0.481 e. The van der Waals surface area contributed by atoms with Crippen LogP contribution in [-0.2, 0) is 11.2 Å². The van der Waals surface area contributed by atoms with Gasteiger partial charge >= 0.3 is 0 Å². The number of anilines is 1. The number of carbonyl (C=O) groups is 1. The van der Waals surface area contributed by atoms with Crippen molar-refractivity contribution in [2.24, 2.45) is 0 Å². The molecule has 1 N–H and O–H groups in total. The van der Waals surface area contributed by atoms with Crippen LogP contribution in [0.15, 0.2) is 42.6 Å². The fourth-order valence-corrected chi connectivity index (χ4v) is 3.17. The smallest absolute Gasteiger partial charge is 0.228 e. The number of carbonyl (C=O) groups excluding carboxylic acids is 1. The summed E-state index contributed by atoms with van der Waals surface area (Å²) in [5.74, 6) is 0.367. The number of ether oxygens (including phenoxy) is 1. The number of rotatable bonds is 4. The maximum atomic E-state index is 12.5. The summed E-state index contributed by atoms with van der Waals surface area (Å²) in [4.78, 5) is 21.3. The average molecular weight is 361 g/mol. The first kappa shape index (κ1) is 17.0. The third-order valence-corrected chi connectivity index (χ3v) is 4.58. The highest BCUT2D eigenvalue weighted by atomic mass is 16.5. The molecule has 4 aromatic rings. The SMILES string of the molecule is COc1ccc(NC(=O)Cc2c(C)nc3c4ccccc4nn3c2C)cn1. The van der Waals surface area contributed by atoms with E-state index in [4.69, 9.17) is 9.72 Å². The van der Waals surface area contributed by atoms with E-state index in [1.807, 2.05) is 42.6 Å². The first-order valence-electron chi connectivity index (χ1n) is 8.60. The van der Waals surface area contributed by atoms with E-state index in [1.165, 1.54) is 0 Å². The minimum atomic E-state index is -0.133. The van der Waals surface area contributed by atoms with E-state index >= 15 is 0 Å². The summed E-state index contributed by atoms with van der Waals surface area (Å²) in [5, 5.41) is 8.49. The summed E-state index contributed by atoms with van der Waals surface area (Å²) in [7, 11) is 1.55. The van der Waals surface area contributed by atoms with Gasteiger partial charge in [0.25, 0.3) is 0 Å². The number of aromatic nitrogens is 4. The van der Waals surface area contributed by atoms with Gasteiger partial charge in [0.2, 0.25) is 11.8 Å². The van der Waals surface area contributed by atoms with E-state index in [2.05, 4.69) is 15.4 Å². The van der Waals surface area contributed by atoms with Crippen LogP contribution in [0, 0.1) is 13.8 Å². The predicted octanol–water partition coefficient (Wildman–Crippen LogP) is 3.08. The Morgan fingerprint density at radius 3 is 2.74 bits per heavy atom. The van der Waals surface area contributed by atoms with Crippen LogP contribution in [-0.4, -0.2) is 32.6 Å². The Labute approximate surface area is 156 Å². The van der Waals surface area contributed by atoms with Crippen LogP contribution in [0.2, 0.25) is 0 Å². The molecule has 27 heavy (non-hydrogen) atoms. The second-order valence-corrected chi connectivity index (χ2v) is 6.33. The van der Waals surface area contributed by atoms with Crippen molar-refractivity contribution in [1.82, 2.24) is 19.6 Å². The molecule has 1 aromatic carbocycles. The molecular weight excluding hydrogens is 342 g/mol. The average Bonchev–Trinajstić information content (AvgIpc) is 3.04. The first-order valence-corrected chi connectivity index (χ1v) is 8.60. The molecule has 0 spiro atoms. The van der Waals surface area contributed by atoms with Gasteiger partial charge in [0.15, 0.2) is 5.65 Å². The van der Waals surface area contributed by atoms with Gasteiger partial charge in [-0.15, -0.1) is 0 Å². The zero-order valence-corrected chi connectivity index (χ0v) is 15.4.